The molecule has 0 aromatic heterocycles. The number of benzene rings is 1. The largest absolute Gasteiger partial charge is 0.494 e. The summed E-state index contributed by atoms with van der Waals surface area (Å²) in [6.07, 6.45) is -0.0109. The Balaban J connectivity index is 2.34. The van der Waals surface area contributed by atoms with Crippen LogP contribution < -0.4 is 4.74 Å². The van der Waals surface area contributed by atoms with E-state index >= 15 is 0 Å². The highest BCUT2D eigenvalue weighted by atomic mass is 32.2. The molecule has 0 heterocycles. The van der Waals surface area contributed by atoms with Gasteiger partial charge in [0.1, 0.15) is 5.75 Å². The lowest BCUT2D eigenvalue weighted by Gasteiger charge is -2.11. The van der Waals surface area contributed by atoms with Crippen LogP contribution in [-0.2, 0) is 14.6 Å². The van der Waals surface area contributed by atoms with Crippen LogP contribution in [0.4, 0.5) is 0 Å². The van der Waals surface area contributed by atoms with Crippen LogP contribution >= 0.6 is 0 Å². The molecule has 1 atom stereocenters. The summed E-state index contributed by atoms with van der Waals surface area (Å²) in [5, 5.41) is 7.72. The third-order valence-electron chi connectivity index (χ3n) is 2.66. The lowest BCUT2D eigenvalue weighted by molar-refractivity contribution is -0.136. The summed E-state index contributed by atoms with van der Waals surface area (Å²) in [7, 11) is -3.37. The van der Waals surface area contributed by atoms with E-state index in [1.165, 1.54) is 6.92 Å². The standard InChI is InChI=1S/C13H18O5S/c1-11(10-13(14)15)19(16,17)9-5-8-18-12-6-3-2-4-7-12/h2-4,6-7,11H,5,8-10H2,1H3,(H,14,15). The van der Waals surface area contributed by atoms with Crippen LogP contribution in [0.15, 0.2) is 30.3 Å². The summed E-state index contributed by atoms with van der Waals surface area (Å²) in [6.45, 7) is 1.71. The first-order valence-corrected chi connectivity index (χ1v) is 7.74. The van der Waals surface area contributed by atoms with Crippen LogP contribution in [0, 0.1) is 0 Å². The monoisotopic (exact) mass is 286 g/mol. The van der Waals surface area contributed by atoms with Crippen LogP contribution in [0.2, 0.25) is 0 Å². The van der Waals surface area contributed by atoms with Crippen molar-refractivity contribution >= 4 is 15.8 Å². The van der Waals surface area contributed by atoms with Crippen LogP contribution in [0.3, 0.4) is 0 Å². The lowest BCUT2D eigenvalue weighted by atomic mass is 10.3. The minimum absolute atomic E-state index is 0.0612. The average molecular weight is 286 g/mol. The second-order valence-corrected chi connectivity index (χ2v) is 6.83. The fourth-order valence-electron chi connectivity index (χ4n) is 1.54. The molecule has 1 unspecified atom stereocenters. The Kier molecular flexibility index (Phi) is 5.82. The molecule has 19 heavy (non-hydrogen) atoms. The van der Waals surface area contributed by atoms with Crippen molar-refractivity contribution < 1.29 is 23.1 Å². The second-order valence-electron chi connectivity index (χ2n) is 4.29. The lowest BCUT2D eigenvalue weighted by Crippen LogP contribution is -2.24. The van der Waals surface area contributed by atoms with E-state index in [1.54, 1.807) is 12.1 Å². The van der Waals surface area contributed by atoms with Gasteiger partial charge >= 0.3 is 5.97 Å². The molecule has 5 nitrogen and oxygen atoms in total. The van der Waals surface area contributed by atoms with E-state index in [0.29, 0.717) is 18.8 Å². The number of sulfone groups is 1. The zero-order valence-corrected chi connectivity index (χ0v) is 11.6. The number of para-hydroxylation sites is 1. The quantitative estimate of drug-likeness (QED) is 0.736. The molecule has 1 aromatic carbocycles. The zero-order chi connectivity index (χ0) is 14.3. The van der Waals surface area contributed by atoms with Gasteiger partial charge in [-0.3, -0.25) is 4.79 Å². The summed E-state index contributed by atoms with van der Waals surface area (Å²) in [4.78, 5) is 10.5. The van der Waals surface area contributed by atoms with Gasteiger partial charge in [-0.05, 0) is 25.5 Å². The number of ether oxygens (including phenoxy) is 1. The highest BCUT2D eigenvalue weighted by Crippen LogP contribution is 2.11. The number of hydrogen-bond donors (Lipinski definition) is 1. The molecule has 0 spiro atoms. The highest BCUT2D eigenvalue weighted by Gasteiger charge is 2.22. The maximum Gasteiger partial charge on any atom is 0.304 e. The maximum absolute atomic E-state index is 11.8. The molecule has 0 radical (unpaired) electrons. The van der Waals surface area contributed by atoms with Crippen LogP contribution in [-0.4, -0.2) is 37.1 Å². The van der Waals surface area contributed by atoms with E-state index in [2.05, 4.69) is 0 Å². The number of hydrogen-bond acceptors (Lipinski definition) is 4. The first-order valence-electron chi connectivity index (χ1n) is 6.03. The molecule has 6 heteroatoms. The maximum atomic E-state index is 11.8. The summed E-state index contributed by atoms with van der Waals surface area (Å²) in [5.41, 5.74) is 0. The van der Waals surface area contributed by atoms with Crippen molar-refractivity contribution in [1.82, 2.24) is 0 Å². The van der Waals surface area contributed by atoms with Gasteiger partial charge in [-0.25, -0.2) is 8.42 Å². The van der Waals surface area contributed by atoms with Crippen molar-refractivity contribution in [2.24, 2.45) is 0 Å². The molecule has 0 bridgehead atoms. The molecule has 0 aliphatic carbocycles. The number of rotatable bonds is 8. The molecule has 0 saturated carbocycles. The fraction of sp³-hybridized carbons (Fsp3) is 0.462. The molecule has 1 N–H and O–H groups in total. The van der Waals surface area contributed by atoms with E-state index in [0.717, 1.165) is 0 Å². The first kappa shape index (κ1) is 15.5. The Bertz CT molecular complexity index is 495. The van der Waals surface area contributed by atoms with Crippen LogP contribution in [0.25, 0.3) is 0 Å². The molecule has 0 saturated heterocycles. The summed E-state index contributed by atoms with van der Waals surface area (Å²) in [6, 6.07) is 9.12. The molecule has 1 rings (SSSR count). The fourth-order valence-corrected chi connectivity index (χ4v) is 2.86. The number of carbonyl (C=O) groups is 1. The molecule has 0 aliphatic rings. The van der Waals surface area contributed by atoms with Crippen molar-refractivity contribution in [3.8, 4) is 5.75 Å². The van der Waals surface area contributed by atoms with Crippen molar-refractivity contribution in [2.75, 3.05) is 12.4 Å². The predicted octanol–water partition coefficient (Wildman–Crippen LogP) is 1.73. The topological polar surface area (TPSA) is 80.7 Å². The molecular weight excluding hydrogens is 268 g/mol. The van der Waals surface area contributed by atoms with Gasteiger partial charge in [-0.15, -0.1) is 0 Å². The van der Waals surface area contributed by atoms with Crippen LogP contribution in [0.5, 0.6) is 5.75 Å². The van der Waals surface area contributed by atoms with Gasteiger partial charge < -0.3 is 9.84 Å². The summed E-state index contributed by atoms with van der Waals surface area (Å²) in [5.74, 6) is -0.469. The Morgan fingerprint density at radius 3 is 2.53 bits per heavy atom. The Morgan fingerprint density at radius 1 is 1.32 bits per heavy atom. The molecule has 106 valence electrons. The van der Waals surface area contributed by atoms with E-state index < -0.39 is 21.1 Å². The van der Waals surface area contributed by atoms with Crippen molar-refractivity contribution in [3.05, 3.63) is 30.3 Å². The zero-order valence-electron chi connectivity index (χ0n) is 10.8. The van der Waals surface area contributed by atoms with Crippen LogP contribution in [0.1, 0.15) is 19.8 Å². The van der Waals surface area contributed by atoms with Gasteiger partial charge in [0.15, 0.2) is 9.84 Å². The first-order chi connectivity index (χ1) is 8.92. The van der Waals surface area contributed by atoms with Gasteiger partial charge in [0.2, 0.25) is 0 Å². The minimum Gasteiger partial charge on any atom is -0.494 e. The third-order valence-corrected chi connectivity index (χ3v) is 4.91. The Morgan fingerprint density at radius 2 is 1.95 bits per heavy atom. The molecular formula is C13H18O5S. The third kappa shape index (κ3) is 5.74. The molecule has 0 aliphatic heterocycles. The number of aliphatic carboxylic acids is 1. The van der Waals surface area contributed by atoms with Gasteiger partial charge in [0, 0.05) is 0 Å². The van der Waals surface area contributed by atoms with E-state index in [-0.39, 0.29) is 12.2 Å². The van der Waals surface area contributed by atoms with Crippen molar-refractivity contribution in [3.63, 3.8) is 0 Å². The normalized spacial score (nSPS) is 12.9. The highest BCUT2D eigenvalue weighted by molar-refractivity contribution is 7.92. The summed E-state index contributed by atoms with van der Waals surface area (Å²) >= 11 is 0. The molecule has 1 aromatic rings. The van der Waals surface area contributed by atoms with Crippen molar-refractivity contribution in [1.29, 1.82) is 0 Å². The predicted molar refractivity (Wildman–Crippen MR) is 72.1 cm³/mol. The van der Waals surface area contributed by atoms with Gasteiger partial charge in [0.05, 0.1) is 24.0 Å². The Labute approximate surface area is 113 Å². The molecule has 0 fully saturated rings. The van der Waals surface area contributed by atoms with Gasteiger partial charge in [0.25, 0.3) is 0 Å². The van der Waals surface area contributed by atoms with Gasteiger partial charge in [-0.1, -0.05) is 18.2 Å². The van der Waals surface area contributed by atoms with Crippen molar-refractivity contribution in [2.45, 2.75) is 25.0 Å². The summed E-state index contributed by atoms with van der Waals surface area (Å²) < 4.78 is 28.9. The minimum atomic E-state index is -3.37. The van der Waals surface area contributed by atoms with E-state index in [1.807, 2.05) is 18.2 Å². The number of carboxylic acids is 1. The Hall–Kier alpha value is -1.56. The average Bonchev–Trinajstić information content (AvgIpc) is 2.35. The van der Waals surface area contributed by atoms with E-state index in [9.17, 15) is 13.2 Å². The van der Waals surface area contributed by atoms with Gasteiger partial charge in [-0.2, -0.15) is 0 Å². The second kappa shape index (κ2) is 7.13. The van der Waals surface area contributed by atoms with E-state index in [4.69, 9.17) is 9.84 Å². The molecule has 0 amide bonds. The smallest absolute Gasteiger partial charge is 0.304 e. The number of carboxylic acid groups (broad SMARTS) is 1. The SMILES string of the molecule is CC(CC(=O)O)S(=O)(=O)CCCOc1ccccc1.